The largest absolute Gasteiger partial charge is 1.00 e. The van der Waals surface area contributed by atoms with E-state index < -0.39 is 5.97 Å². The fourth-order valence-corrected chi connectivity index (χ4v) is 2.02. The normalized spacial score (nSPS) is 10.2. The van der Waals surface area contributed by atoms with Crippen molar-refractivity contribution in [3.63, 3.8) is 0 Å². The number of carboxylic acid groups (broad SMARTS) is 1. The van der Waals surface area contributed by atoms with E-state index in [-0.39, 0.29) is 36.2 Å². The smallest absolute Gasteiger partial charge is 0.548 e. The maximum Gasteiger partial charge on any atom is 1.00 e. The van der Waals surface area contributed by atoms with Crippen LogP contribution in [0.3, 0.4) is 0 Å². The molecule has 0 atom stereocenters. The number of rotatable bonds is 14. The van der Waals surface area contributed by atoms with Gasteiger partial charge in [-0.05, 0) is 6.42 Å². The van der Waals surface area contributed by atoms with E-state index in [1.165, 1.54) is 57.8 Å². The quantitative estimate of drug-likeness (QED) is 0.334. The van der Waals surface area contributed by atoms with Crippen LogP contribution < -0.4 is 34.7 Å². The molecule has 4 heteroatoms. The van der Waals surface area contributed by atoms with Crippen LogP contribution in [0.1, 0.15) is 77.6 Å². The van der Waals surface area contributed by atoms with Crippen LogP contribution >= 0.6 is 0 Å². The number of carbonyl (C=O) groups excluding carboxylic acids is 1. The zero-order valence-electron chi connectivity index (χ0n) is 12.9. The molecule has 0 aromatic heterocycles. The minimum absolute atomic E-state index is 0. The molecule has 0 bridgehead atoms. The first-order valence-electron chi connectivity index (χ1n) is 7.55. The number of carbonyl (C=O) groups is 1. The summed E-state index contributed by atoms with van der Waals surface area (Å²) in [6.45, 7) is 2.53. The first-order valence-corrected chi connectivity index (χ1v) is 7.55. The maximum atomic E-state index is 10.1. The molecule has 0 saturated carbocycles. The second kappa shape index (κ2) is 18.4. The molecule has 0 aliphatic carbocycles. The Balaban J connectivity index is 0. The van der Waals surface area contributed by atoms with Crippen LogP contribution in [0.4, 0.5) is 0 Å². The number of hydrogen-bond donors (Lipinski definition) is 0. The van der Waals surface area contributed by atoms with Gasteiger partial charge >= 0.3 is 29.6 Å². The molecule has 0 aromatic carbocycles. The summed E-state index contributed by atoms with van der Waals surface area (Å²) in [7, 11) is 0. The summed E-state index contributed by atoms with van der Waals surface area (Å²) in [5.41, 5.74) is 0. The van der Waals surface area contributed by atoms with Gasteiger partial charge in [-0.2, -0.15) is 0 Å². The molecule has 3 nitrogen and oxygen atoms in total. The molecule has 0 rings (SSSR count). The van der Waals surface area contributed by atoms with Crippen LogP contribution in [0.5, 0.6) is 0 Å². The van der Waals surface area contributed by atoms with Crippen LogP contribution in [-0.4, -0.2) is 19.2 Å². The predicted molar refractivity (Wildman–Crippen MR) is 72.3 cm³/mol. The van der Waals surface area contributed by atoms with Gasteiger partial charge in [-0.15, -0.1) is 0 Å². The predicted octanol–water partition coefficient (Wildman–Crippen LogP) is 0.0679. The molecule has 0 fully saturated rings. The molecule has 0 aromatic rings. The van der Waals surface area contributed by atoms with E-state index in [0.717, 1.165) is 12.8 Å². The van der Waals surface area contributed by atoms with Crippen molar-refractivity contribution in [3.8, 4) is 0 Å². The molecule has 0 radical (unpaired) electrons. The van der Waals surface area contributed by atoms with Gasteiger partial charge in [0.2, 0.25) is 0 Å². The number of carboxylic acids is 1. The van der Waals surface area contributed by atoms with Crippen LogP contribution in [0, 0.1) is 0 Å². The van der Waals surface area contributed by atoms with E-state index in [4.69, 9.17) is 4.74 Å². The topological polar surface area (TPSA) is 49.4 Å². The van der Waals surface area contributed by atoms with Gasteiger partial charge in [-0.25, -0.2) is 0 Å². The molecule has 19 heavy (non-hydrogen) atoms. The zero-order chi connectivity index (χ0) is 13.5. The minimum atomic E-state index is -1.13. The van der Waals surface area contributed by atoms with Crippen molar-refractivity contribution in [1.82, 2.24) is 0 Å². The average molecular weight is 280 g/mol. The number of aliphatic carboxylic acids is 1. The Morgan fingerprint density at radius 2 is 1.26 bits per heavy atom. The Kier molecular flexibility index (Phi) is 21.1. The summed E-state index contributed by atoms with van der Waals surface area (Å²) in [6, 6.07) is 0. The first-order chi connectivity index (χ1) is 8.77. The molecule has 0 N–H and O–H groups in total. The van der Waals surface area contributed by atoms with Gasteiger partial charge in [0.25, 0.3) is 0 Å². The van der Waals surface area contributed by atoms with Gasteiger partial charge in [0.1, 0.15) is 0 Å². The Bertz CT molecular complexity index is 186. The molecule has 0 aliphatic rings. The van der Waals surface area contributed by atoms with Crippen molar-refractivity contribution in [1.29, 1.82) is 0 Å². The summed E-state index contributed by atoms with van der Waals surface area (Å²) in [5, 5.41) is 10.1. The van der Waals surface area contributed by atoms with E-state index in [2.05, 4.69) is 6.92 Å². The standard InChI is InChI=1S/C15H30O3.Na/c1-2-3-4-5-6-7-8-9-10-11-12-13-18-14-15(16)17;/h2-14H2,1H3,(H,16,17);/q;+1/p-1. The SMILES string of the molecule is CCCCCCCCCCCCCOCC(=O)[O-].[Na+]. The Labute approximate surface area is 140 Å². The molecule has 0 amide bonds. The van der Waals surface area contributed by atoms with Crippen LogP contribution in [0.15, 0.2) is 0 Å². The minimum Gasteiger partial charge on any atom is -0.548 e. The third-order valence-electron chi connectivity index (χ3n) is 3.11. The maximum absolute atomic E-state index is 10.1. The number of ether oxygens (including phenoxy) is 1. The Morgan fingerprint density at radius 1 is 0.842 bits per heavy atom. The van der Waals surface area contributed by atoms with Crippen LogP contribution in [0.25, 0.3) is 0 Å². The summed E-state index contributed by atoms with van der Waals surface area (Å²) in [5.74, 6) is -1.13. The van der Waals surface area contributed by atoms with Gasteiger partial charge in [0.05, 0.1) is 12.6 Å². The Hall–Kier alpha value is 0.430. The van der Waals surface area contributed by atoms with Crippen molar-refractivity contribution in [2.45, 2.75) is 77.6 Å². The van der Waals surface area contributed by atoms with Crippen LogP contribution in [0.2, 0.25) is 0 Å². The van der Waals surface area contributed by atoms with Crippen LogP contribution in [-0.2, 0) is 9.53 Å². The van der Waals surface area contributed by atoms with Gasteiger partial charge in [-0.1, -0.05) is 71.1 Å². The van der Waals surface area contributed by atoms with E-state index in [0.29, 0.717) is 6.61 Å². The average Bonchev–Trinajstić information content (AvgIpc) is 2.34. The molecular weight excluding hydrogens is 251 g/mol. The molecular formula is C15H29NaO3. The van der Waals surface area contributed by atoms with Gasteiger partial charge < -0.3 is 14.6 Å². The van der Waals surface area contributed by atoms with Gasteiger partial charge in [0.15, 0.2) is 0 Å². The molecule has 0 spiro atoms. The van der Waals surface area contributed by atoms with E-state index >= 15 is 0 Å². The van der Waals surface area contributed by atoms with Crippen molar-refractivity contribution in [2.75, 3.05) is 13.2 Å². The molecule has 0 aliphatic heterocycles. The Morgan fingerprint density at radius 3 is 1.68 bits per heavy atom. The van der Waals surface area contributed by atoms with Crippen molar-refractivity contribution in [3.05, 3.63) is 0 Å². The molecule has 0 unspecified atom stereocenters. The monoisotopic (exact) mass is 280 g/mol. The number of unbranched alkanes of at least 4 members (excludes halogenated alkanes) is 10. The fraction of sp³-hybridized carbons (Fsp3) is 0.933. The summed E-state index contributed by atoms with van der Waals surface area (Å²) in [6.07, 6.45) is 14.2. The zero-order valence-corrected chi connectivity index (χ0v) is 14.9. The number of hydrogen-bond acceptors (Lipinski definition) is 3. The second-order valence-electron chi connectivity index (χ2n) is 4.96. The van der Waals surface area contributed by atoms with E-state index in [9.17, 15) is 9.90 Å². The van der Waals surface area contributed by atoms with Gasteiger partial charge in [-0.3, -0.25) is 0 Å². The van der Waals surface area contributed by atoms with Crippen molar-refractivity contribution >= 4 is 5.97 Å². The fourth-order valence-electron chi connectivity index (χ4n) is 2.02. The molecule has 0 saturated heterocycles. The summed E-state index contributed by atoms with van der Waals surface area (Å²) < 4.78 is 4.92. The second-order valence-corrected chi connectivity index (χ2v) is 4.96. The van der Waals surface area contributed by atoms with Crippen molar-refractivity contribution in [2.24, 2.45) is 0 Å². The molecule has 0 heterocycles. The van der Waals surface area contributed by atoms with Gasteiger partial charge in [0, 0.05) is 6.61 Å². The first kappa shape index (κ1) is 21.7. The summed E-state index contributed by atoms with van der Waals surface area (Å²) in [4.78, 5) is 10.1. The molecule has 108 valence electrons. The third-order valence-corrected chi connectivity index (χ3v) is 3.11. The third kappa shape index (κ3) is 20.9. The summed E-state index contributed by atoms with van der Waals surface area (Å²) >= 11 is 0. The van der Waals surface area contributed by atoms with Crippen molar-refractivity contribution < 1.29 is 44.2 Å². The van der Waals surface area contributed by atoms with E-state index in [1.807, 2.05) is 0 Å². The van der Waals surface area contributed by atoms with E-state index in [1.54, 1.807) is 0 Å².